The molecule has 0 amide bonds. The molecule has 0 saturated heterocycles. The lowest BCUT2D eigenvalue weighted by Crippen LogP contribution is -2.29. The van der Waals surface area contributed by atoms with Crippen LogP contribution < -0.4 is 10.1 Å². The number of carbonyl (C=O) groups is 1. The van der Waals surface area contributed by atoms with Gasteiger partial charge in [0, 0.05) is 28.1 Å². The Morgan fingerprint density at radius 1 is 1.16 bits per heavy atom. The van der Waals surface area contributed by atoms with Gasteiger partial charge < -0.3 is 19.7 Å². The third-order valence-corrected chi connectivity index (χ3v) is 6.67. The smallest absolute Gasteiger partial charge is 0.233 e. The first kappa shape index (κ1) is 19.9. The monoisotopic (exact) mass is 480 g/mol. The van der Waals surface area contributed by atoms with Gasteiger partial charge >= 0.3 is 0 Å². The third kappa shape index (κ3) is 3.33. The highest BCUT2D eigenvalue weighted by Crippen LogP contribution is 2.49. The molecule has 2 N–H and O–H groups in total. The van der Waals surface area contributed by atoms with E-state index in [4.69, 9.17) is 9.26 Å². The quantitative estimate of drug-likeness (QED) is 0.520. The van der Waals surface area contributed by atoms with Gasteiger partial charge in [-0.3, -0.25) is 4.79 Å². The van der Waals surface area contributed by atoms with Gasteiger partial charge in [-0.2, -0.15) is 0 Å². The number of phenols is 1. The number of ether oxygens (including phenoxy) is 1. The first-order chi connectivity index (χ1) is 15.0. The molecule has 0 radical (unpaired) electrons. The van der Waals surface area contributed by atoms with Crippen LogP contribution in [-0.4, -0.2) is 23.2 Å². The second-order valence-corrected chi connectivity index (χ2v) is 8.89. The molecule has 1 aromatic heterocycles. The Hall–Kier alpha value is -3.06. The number of nitrogens with zero attached hydrogens (tertiary/aromatic N) is 1. The van der Waals surface area contributed by atoms with Crippen molar-refractivity contribution in [2.24, 2.45) is 0 Å². The van der Waals surface area contributed by atoms with E-state index in [9.17, 15) is 9.90 Å². The van der Waals surface area contributed by atoms with E-state index in [1.54, 1.807) is 12.1 Å². The minimum atomic E-state index is -0.214. The number of allylic oxidation sites excluding steroid dienone is 2. The van der Waals surface area contributed by atoms with E-state index in [1.807, 2.05) is 37.3 Å². The number of ketones is 1. The van der Waals surface area contributed by atoms with Gasteiger partial charge in [-0.25, -0.2) is 0 Å². The van der Waals surface area contributed by atoms with Crippen LogP contribution in [0.4, 0.5) is 5.88 Å². The average molecular weight is 481 g/mol. The fourth-order valence-electron chi connectivity index (χ4n) is 4.64. The lowest BCUT2D eigenvalue weighted by Gasteiger charge is -2.34. The average Bonchev–Trinajstić information content (AvgIpc) is 3.13. The molecule has 2 heterocycles. The predicted molar refractivity (Wildman–Crippen MR) is 120 cm³/mol. The molecule has 0 saturated carbocycles. The third-order valence-electron chi connectivity index (χ3n) is 6.14. The van der Waals surface area contributed by atoms with Gasteiger partial charge in [0.05, 0.1) is 18.4 Å². The maximum atomic E-state index is 13.5. The van der Waals surface area contributed by atoms with Gasteiger partial charge in [-0.05, 0) is 54.7 Å². The molecule has 0 bridgehead atoms. The Kier molecular flexibility index (Phi) is 4.85. The number of Topliss-reactive ketones (excluding diaryl/α,β-unsaturated/α-hetero) is 1. The standard InChI is InChI=1S/C24H21BrN2O4/c1-12-21-22(13-3-6-16(25)7-4-13)23-17(26-24(21)31-27-12)9-15(10-19(23)29)14-5-8-18(28)20(11-14)30-2/h3-8,11,15,22,26,28H,9-10H2,1-2H3/t15-,22+/m0/s1. The normalized spacial score (nSPS) is 20.2. The molecule has 7 heteroatoms. The molecule has 1 aliphatic carbocycles. The molecule has 2 aliphatic rings. The summed E-state index contributed by atoms with van der Waals surface area (Å²) >= 11 is 3.49. The summed E-state index contributed by atoms with van der Waals surface area (Å²) in [7, 11) is 1.52. The fourth-order valence-corrected chi connectivity index (χ4v) is 4.91. The highest BCUT2D eigenvalue weighted by atomic mass is 79.9. The van der Waals surface area contributed by atoms with E-state index in [0.717, 1.165) is 38.1 Å². The van der Waals surface area contributed by atoms with Crippen molar-refractivity contribution in [2.75, 3.05) is 12.4 Å². The lowest BCUT2D eigenvalue weighted by atomic mass is 9.72. The molecule has 31 heavy (non-hydrogen) atoms. The number of methoxy groups -OCH3 is 1. The number of aromatic hydroxyl groups is 1. The number of hydrogen-bond acceptors (Lipinski definition) is 6. The molecule has 0 unspecified atom stereocenters. The molecule has 158 valence electrons. The minimum Gasteiger partial charge on any atom is -0.504 e. The largest absolute Gasteiger partial charge is 0.504 e. The van der Waals surface area contributed by atoms with Crippen molar-refractivity contribution in [3.8, 4) is 11.5 Å². The summed E-state index contributed by atoms with van der Waals surface area (Å²) in [6.45, 7) is 1.90. The molecule has 6 nitrogen and oxygen atoms in total. The topological polar surface area (TPSA) is 84.6 Å². The number of aromatic nitrogens is 1. The van der Waals surface area contributed by atoms with Crippen LogP contribution in [0.5, 0.6) is 11.5 Å². The number of benzene rings is 2. The number of fused-ring (bicyclic) bond motifs is 1. The molecule has 2 aromatic carbocycles. The molecule has 5 rings (SSSR count). The first-order valence-electron chi connectivity index (χ1n) is 10.1. The number of nitrogens with one attached hydrogen (secondary N) is 1. The van der Waals surface area contributed by atoms with E-state index in [0.29, 0.717) is 24.5 Å². The van der Waals surface area contributed by atoms with E-state index in [2.05, 4.69) is 26.4 Å². The van der Waals surface area contributed by atoms with Crippen molar-refractivity contribution in [1.29, 1.82) is 0 Å². The zero-order valence-corrected chi connectivity index (χ0v) is 18.7. The summed E-state index contributed by atoms with van der Waals surface area (Å²) < 4.78 is 11.8. The second-order valence-electron chi connectivity index (χ2n) is 7.97. The molecule has 2 atom stereocenters. The van der Waals surface area contributed by atoms with Crippen LogP contribution in [0.25, 0.3) is 0 Å². The van der Waals surface area contributed by atoms with Gasteiger partial charge in [0.25, 0.3) is 0 Å². The zero-order valence-electron chi connectivity index (χ0n) is 17.1. The van der Waals surface area contributed by atoms with E-state index in [1.165, 1.54) is 7.11 Å². The summed E-state index contributed by atoms with van der Waals surface area (Å²) in [4.78, 5) is 13.5. The molecular formula is C24H21BrN2O4. The van der Waals surface area contributed by atoms with Crippen molar-refractivity contribution < 1.29 is 19.2 Å². The summed E-state index contributed by atoms with van der Waals surface area (Å²) in [5.74, 6) is 0.951. The van der Waals surface area contributed by atoms with E-state index in [-0.39, 0.29) is 23.4 Å². The van der Waals surface area contributed by atoms with Crippen LogP contribution in [-0.2, 0) is 4.79 Å². The van der Waals surface area contributed by atoms with Gasteiger partial charge in [-0.15, -0.1) is 0 Å². The van der Waals surface area contributed by atoms with Gasteiger partial charge in [-0.1, -0.05) is 39.3 Å². The Bertz CT molecular complexity index is 1210. The maximum absolute atomic E-state index is 13.5. The Morgan fingerprint density at radius 3 is 2.65 bits per heavy atom. The van der Waals surface area contributed by atoms with Crippen LogP contribution in [0.1, 0.15) is 47.1 Å². The van der Waals surface area contributed by atoms with Crippen molar-refractivity contribution in [3.63, 3.8) is 0 Å². The second kappa shape index (κ2) is 7.57. The Labute approximate surface area is 188 Å². The van der Waals surface area contributed by atoms with Gasteiger partial charge in [0.2, 0.25) is 5.88 Å². The summed E-state index contributed by atoms with van der Waals surface area (Å²) in [6, 6.07) is 13.3. The van der Waals surface area contributed by atoms with Gasteiger partial charge in [0.1, 0.15) is 0 Å². The summed E-state index contributed by atoms with van der Waals surface area (Å²) in [5.41, 5.74) is 5.33. The van der Waals surface area contributed by atoms with Crippen molar-refractivity contribution in [1.82, 2.24) is 5.16 Å². The SMILES string of the molecule is COc1cc([C@@H]2CC(=O)C3=C(C2)Nc2onc(C)c2[C@H]3c2ccc(Br)cc2)ccc1O. The van der Waals surface area contributed by atoms with Gasteiger partial charge in [0.15, 0.2) is 17.3 Å². The Balaban J connectivity index is 1.59. The van der Waals surface area contributed by atoms with Crippen LogP contribution in [0, 0.1) is 6.92 Å². The number of phenolic OH excluding ortho intramolecular Hbond substituents is 1. The fraction of sp³-hybridized carbons (Fsp3) is 0.250. The van der Waals surface area contributed by atoms with Crippen LogP contribution >= 0.6 is 15.9 Å². The molecular weight excluding hydrogens is 460 g/mol. The van der Waals surface area contributed by atoms with E-state index < -0.39 is 0 Å². The van der Waals surface area contributed by atoms with Crippen LogP contribution in [0.3, 0.4) is 0 Å². The lowest BCUT2D eigenvalue weighted by molar-refractivity contribution is -0.116. The summed E-state index contributed by atoms with van der Waals surface area (Å²) in [5, 5.41) is 17.4. The number of carbonyl (C=O) groups excluding carboxylic acids is 1. The number of aryl methyl sites for hydroxylation is 1. The highest BCUT2D eigenvalue weighted by molar-refractivity contribution is 9.10. The van der Waals surface area contributed by atoms with Crippen molar-refractivity contribution in [2.45, 2.75) is 31.6 Å². The number of halogens is 1. The number of anilines is 1. The highest BCUT2D eigenvalue weighted by Gasteiger charge is 2.41. The van der Waals surface area contributed by atoms with E-state index >= 15 is 0 Å². The Morgan fingerprint density at radius 2 is 1.90 bits per heavy atom. The predicted octanol–water partition coefficient (Wildman–Crippen LogP) is 5.42. The first-order valence-corrected chi connectivity index (χ1v) is 10.9. The number of rotatable bonds is 3. The zero-order chi connectivity index (χ0) is 21.7. The van der Waals surface area contributed by atoms with Crippen molar-refractivity contribution in [3.05, 3.63) is 80.6 Å². The summed E-state index contributed by atoms with van der Waals surface area (Å²) in [6.07, 6.45) is 1.04. The van der Waals surface area contributed by atoms with Crippen molar-refractivity contribution >= 4 is 27.6 Å². The molecule has 0 fully saturated rings. The minimum absolute atomic E-state index is 0.0237. The van der Waals surface area contributed by atoms with Crippen LogP contribution in [0.2, 0.25) is 0 Å². The molecule has 1 aliphatic heterocycles. The number of hydrogen-bond donors (Lipinski definition) is 2. The maximum Gasteiger partial charge on any atom is 0.233 e. The molecule has 3 aromatic rings. The molecule has 0 spiro atoms. The van der Waals surface area contributed by atoms with Crippen LogP contribution in [0.15, 0.2) is 62.7 Å².